The molecule has 0 aliphatic heterocycles. The molecule has 0 radical (unpaired) electrons. The number of aromatic amines is 1. The monoisotopic (exact) mass is 323 g/mol. The van der Waals surface area contributed by atoms with Crippen molar-refractivity contribution < 1.29 is 0 Å². The smallest absolute Gasteiger partial charge is 0.176 e. The normalized spacial score (nSPS) is 18.8. The van der Waals surface area contributed by atoms with Gasteiger partial charge in [-0.2, -0.15) is 0 Å². The lowest BCUT2D eigenvalue weighted by Crippen LogP contribution is -2.16. The molecule has 2 aromatic heterocycles. The van der Waals surface area contributed by atoms with Crippen molar-refractivity contribution in [2.45, 2.75) is 44.9 Å². The van der Waals surface area contributed by atoms with Gasteiger partial charge in [-0.05, 0) is 34.7 Å². The summed E-state index contributed by atoms with van der Waals surface area (Å²) in [6, 6.07) is 0. The van der Waals surface area contributed by atoms with Gasteiger partial charge in [-0.3, -0.25) is 0 Å². The molecule has 102 valence electrons. The minimum atomic E-state index is 0.356. The predicted molar refractivity (Wildman–Crippen MR) is 78.8 cm³/mol. The number of nitrogens with one attached hydrogen (secondary N) is 1. The fourth-order valence-corrected chi connectivity index (χ4v) is 3.33. The Morgan fingerprint density at radius 3 is 2.68 bits per heavy atom. The van der Waals surface area contributed by atoms with Crippen LogP contribution in [0.15, 0.2) is 4.73 Å². The van der Waals surface area contributed by atoms with Crippen LogP contribution in [-0.2, 0) is 0 Å². The summed E-state index contributed by atoms with van der Waals surface area (Å²) in [6.07, 6.45) is 6.55. The van der Waals surface area contributed by atoms with Crippen LogP contribution >= 0.6 is 15.9 Å². The van der Waals surface area contributed by atoms with E-state index in [0.29, 0.717) is 27.9 Å². The van der Waals surface area contributed by atoms with Gasteiger partial charge in [0.1, 0.15) is 5.82 Å². The van der Waals surface area contributed by atoms with Crippen molar-refractivity contribution >= 4 is 32.9 Å². The third-order valence-corrected chi connectivity index (χ3v) is 4.50. The fraction of sp³-hybridized carbons (Fsp3) is 0.615. The van der Waals surface area contributed by atoms with Crippen LogP contribution in [0.2, 0.25) is 0 Å². The Bertz CT molecular complexity index is 588. The third-order valence-electron chi connectivity index (χ3n) is 4.12. The molecule has 0 bridgehead atoms. The summed E-state index contributed by atoms with van der Waals surface area (Å²) in [4.78, 5) is 16.4. The molecule has 3 N–H and O–H groups in total. The van der Waals surface area contributed by atoms with Gasteiger partial charge in [0.25, 0.3) is 0 Å². The van der Waals surface area contributed by atoms with Crippen molar-refractivity contribution in [3.63, 3.8) is 0 Å². The van der Waals surface area contributed by atoms with Crippen molar-refractivity contribution in [3.8, 4) is 0 Å². The summed E-state index contributed by atoms with van der Waals surface area (Å²) in [6.45, 7) is 2.21. The number of rotatable bonds is 2. The number of imidazole rings is 1. The average molecular weight is 324 g/mol. The maximum absolute atomic E-state index is 5.98. The molecule has 6 heteroatoms. The predicted octanol–water partition coefficient (Wildman–Crippen LogP) is 3.38. The number of anilines is 1. The molecule has 0 aromatic carbocycles. The Morgan fingerprint density at radius 1 is 1.21 bits per heavy atom. The van der Waals surface area contributed by atoms with Gasteiger partial charge in [-0.1, -0.05) is 26.2 Å². The summed E-state index contributed by atoms with van der Waals surface area (Å²) in [5.41, 5.74) is 7.35. The second-order valence-corrected chi connectivity index (χ2v) is 6.13. The lowest BCUT2D eigenvalue weighted by molar-refractivity contribution is 0.309. The molecule has 1 fully saturated rings. The topological polar surface area (TPSA) is 80.5 Å². The summed E-state index contributed by atoms with van der Waals surface area (Å²) in [7, 11) is 0. The number of H-pyrrole nitrogens is 1. The molecule has 0 spiro atoms. The fourth-order valence-electron chi connectivity index (χ4n) is 2.96. The Balaban J connectivity index is 1.95. The maximum atomic E-state index is 5.98. The largest absolute Gasteiger partial charge is 0.382 e. The van der Waals surface area contributed by atoms with Crippen LogP contribution in [0.1, 0.15) is 50.8 Å². The van der Waals surface area contributed by atoms with Crippen LogP contribution in [-0.4, -0.2) is 19.9 Å². The molecule has 2 heterocycles. The van der Waals surface area contributed by atoms with Crippen LogP contribution < -0.4 is 5.73 Å². The molecule has 19 heavy (non-hydrogen) atoms. The van der Waals surface area contributed by atoms with E-state index in [1.54, 1.807) is 0 Å². The quantitative estimate of drug-likeness (QED) is 0.830. The first-order valence-corrected chi connectivity index (χ1v) is 7.63. The number of hydrogen-bond donors (Lipinski definition) is 2. The Kier molecular flexibility index (Phi) is 3.43. The lowest BCUT2D eigenvalue weighted by atomic mass is 9.80. The van der Waals surface area contributed by atoms with Gasteiger partial charge in [0, 0.05) is 5.92 Å². The van der Waals surface area contributed by atoms with Crippen LogP contribution in [0, 0.1) is 5.92 Å². The van der Waals surface area contributed by atoms with E-state index in [-0.39, 0.29) is 0 Å². The number of hydrogen-bond acceptors (Lipinski definition) is 4. The SMILES string of the molecule is CC(c1nc(N)c2nc(Br)[nH]c2n1)C1CCCCC1. The summed E-state index contributed by atoms with van der Waals surface area (Å²) < 4.78 is 0.644. The molecular formula is C13H18BrN5. The van der Waals surface area contributed by atoms with Crippen LogP contribution in [0.25, 0.3) is 11.2 Å². The summed E-state index contributed by atoms with van der Waals surface area (Å²) in [5, 5.41) is 0. The first kappa shape index (κ1) is 12.8. The Morgan fingerprint density at radius 2 is 1.95 bits per heavy atom. The lowest BCUT2D eigenvalue weighted by Gasteiger charge is -2.26. The second-order valence-electron chi connectivity index (χ2n) is 5.38. The molecular weight excluding hydrogens is 306 g/mol. The first-order chi connectivity index (χ1) is 9.15. The molecule has 0 saturated heterocycles. The van der Waals surface area contributed by atoms with Crippen LogP contribution in [0.3, 0.4) is 0 Å². The number of fused-ring (bicyclic) bond motifs is 1. The number of aromatic nitrogens is 4. The van der Waals surface area contributed by atoms with Crippen molar-refractivity contribution in [2.75, 3.05) is 5.73 Å². The number of nitrogens with zero attached hydrogens (tertiary/aromatic N) is 3. The standard InChI is InChI=1S/C13H18BrN5/c1-7(8-5-3-2-4-6-8)11-17-10(15)9-12(18-11)19-13(14)16-9/h7-8H,2-6H2,1H3,(H3,15,16,17,18,19). The minimum Gasteiger partial charge on any atom is -0.382 e. The van der Waals surface area contributed by atoms with E-state index < -0.39 is 0 Å². The number of nitrogens with two attached hydrogens (primary N) is 1. The maximum Gasteiger partial charge on any atom is 0.176 e. The van der Waals surface area contributed by atoms with Gasteiger partial charge in [-0.15, -0.1) is 0 Å². The Labute approximate surface area is 120 Å². The van der Waals surface area contributed by atoms with Crippen LogP contribution in [0.4, 0.5) is 5.82 Å². The molecule has 1 unspecified atom stereocenters. The highest BCUT2D eigenvalue weighted by Crippen LogP contribution is 2.35. The summed E-state index contributed by atoms with van der Waals surface area (Å²) in [5.74, 6) is 2.34. The van der Waals surface area contributed by atoms with E-state index in [9.17, 15) is 0 Å². The van der Waals surface area contributed by atoms with E-state index in [4.69, 9.17) is 5.73 Å². The van der Waals surface area contributed by atoms with Gasteiger partial charge in [-0.25, -0.2) is 15.0 Å². The highest BCUT2D eigenvalue weighted by Gasteiger charge is 2.24. The number of nitrogen functional groups attached to an aromatic ring is 1. The highest BCUT2D eigenvalue weighted by molar-refractivity contribution is 9.10. The number of halogens is 1. The van der Waals surface area contributed by atoms with Gasteiger partial charge in [0.15, 0.2) is 21.7 Å². The van der Waals surface area contributed by atoms with Crippen molar-refractivity contribution in [2.24, 2.45) is 5.92 Å². The highest BCUT2D eigenvalue weighted by atomic mass is 79.9. The molecule has 1 aliphatic rings. The zero-order valence-corrected chi connectivity index (χ0v) is 12.6. The van der Waals surface area contributed by atoms with E-state index in [0.717, 1.165) is 11.5 Å². The van der Waals surface area contributed by atoms with Crippen molar-refractivity contribution in [1.29, 1.82) is 0 Å². The zero-order chi connectivity index (χ0) is 13.4. The van der Waals surface area contributed by atoms with Gasteiger partial charge >= 0.3 is 0 Å². The molecule has 0 amide bonds. The second kappa shape index (κ2) is 5.07. The molecule has 1 aliphatic carbocycles. The minimum absolute atomic E-state index is 0.356. The molecule has 3 rings (SSSR count). The van der Waals surface area contributed by atoms with E-state index in [1.165, 1.54) is 32.1 Å². The van der Waals surface area contributed by atoms with Crippen molar-refractivity contribution in [1.82, 2.24) is 19.9 Å². The zero-order valence-electron chi connectivity index (χ0n) is 11.0. The van der Waals surface area contributed by atoms with Gasteiger partial charge in [0.2, 0.25) is 0 Å². The van der Waals surface area contributed by atoms with E-state index >= 15 is 0 Å². The van der Waals surface area contributed by atoms with Gasteiger partial charge < -0.3 is 10.7 Å². The molecule has 5 nitrogen and oxygen atoms in total. The molecule has 2 aromatic rings. The molecule has 1 atom stereocenters. The van der Waals surface area contributed by atoms with Crippen LogP contribution in [0.5, 0.6) is 0 Å². The summed E-state index contributed by atoms with van der Waals surface area (Å²) >= 11 is 3.31. The van der Waals surface area contributed by atoms with Gasteiger partial charge in [0.05, 0.1) is 0 Å². The average Bonchev–Trinajstić information content (AvgIpc) is 2.80. The molecule has 1 saturated carbocycles. The Hall–Kier alpha value is -1.17. The van der Waals surface area contributed by atoms with Crippen molar-refractivity contribution in [3.05, 3.63) is 10.6 Å². The van der Waals surface area contributed by atoms with E-state index in [1.807, 2.05) is 0 Å². The third kappa shape index (κ3) is 2.45. The first-order valence-electron chi connectivity index (χ1n) is 6.84. The van der Waals surface area contributed by atoms with E-state index in [2.05, 4.69) is 42.8 Å².